The van der Waals surface area contributed by atoms with Crippen molar-refractivity contribution >= 4 is 37.3 Å². The molecule has 7 heteroatoms. The monoisotopic (exact) mass is 443 g/mol. The summed E-state index contributed by atoms with van der Waals surface area (Å²) in [6, 6.07) is 14.0. The van der Waals surface area contributed by atoms with Crippen molar-refractivity contribution in [1.82, 2.24) is 0 Å². The number of rotatable bonds is 8. The number of hydrogen-bond donors (Lipinski definition) is 3. The number of aliphatic hydroxyl groups excluding tert-OH is 1. The highest BCUT2D eigenvalue weighted by Gasteiger charge is 2.20. The number of benzene rings is 2. The average molecular weight is 444 g/mol. The highest BCUT2D eigenvalue weighted by atomic mass is 32.1. The van der Waals surface area contributed by atoms with E-state index in [4.69, 9.17) is 16.3 Å². The van der Waals surface area contributed by atoms with Crippen LogP contribution in [0, 0.1) is 13.8 Å². The molecular weight excluding hydrogens is 413 g/mol. The number of aliphatic hydroxyl groups is 1. The van der Waals surface area contributed by atoms with Gasteiger partial charge in [0.2, 0.25) is 0 Å². The smallest absolute Gasteiger partial charge is 0.114 e. The van der Waals surface area contributed by atoms with Gasteiger partial charge >= 0.3 is 0 Å². The Morgan fingerprint density at radius 2 is 1.83 bits per heavy atom. The molecule has 160 valence electrons. The number of hydrazine groups is 1. The second-order valence-electron chi connectivity index (χ2n) is 7.37. The number of aryl methyl sites for hydroxylation is 1. The van der Waals surface area contributed by atoms with Crippen LogP contribution in [0.2, 0.25) is 0 Å². The molecule has 2 unspecified atom stereocenters. The van der Waals surface area contributed by atoms with E-state index in [0.29, 0.717) is 25.4 Å². The highest BCUT2D eigenvalue weighted by Crippen LogP contribution is 2.36. The molecule has 0 fully saturated rings. The van der Waals surface area contributed by atoms with E-state index < -0.39 is 6.10 Å². The molecule has 0 aliphatic heterocycles. The molecule has 0 spiro atoms. The minimum atomic E-state index is -0.735. The minimum Gasteiger partial charge on any atom is -0.397 e. The van der Waals surface area contributed by atoms with Crippen molar-refractivity contribution < 1.29 is 9.84 Å². The summed E-state index contributed by atoms with van der Waals surface area (Å²) in [5.41, 5.74) is 11.6. The maximum absolute atomic E-state index is 11.0. The average Bonchev–Trinajstić information content (AvgIpc) is 3.11. The van der Waals surface area contributed by atoms with E-state index in [2.05, 4.69) is 40.4 Å². The first-order valence-corrected chi connectivity index (χ1v) is 11.3. The second-order valence-corrected chi connectivity index (χ2v) is 9.32. The molecule has 2 aromatic carbocycles. The molecule has 1 heterocycles. The van der Waals surface area contributed by atoms with E-state index in [1.165, 1.54) is 0 Å². The number of nitrogens with zero attached hydrogens (tertiary/aromatic N) is 1. The van der Waals surface area contributed by atoms with Gasteiger partial charge in [-0.2, -0.15) is 0 Å². The molecule has 3 aromatic rings. The van der Waals surface area contributed by atoms with Crippen molar-refractivity contribution in [3.63, 3.8) is 0 Å². The number of hydrogen-bond acceptors (Lipinski definition) is 6. The van der Waals surface area contributed by atoms with Crippen LogP contribution in [-0.2, 0) is 18.0 Å². The zero-order valence-corrected chi connectivity index (χ0v) is 19.7. The van der Waals surface area contributed by atoms with Crippen molar-refractivity contribution in [3.05, 3.63) is 74.5 Å². The van der Waals surface area contributed by atoms with Crippen molar-refractivity contribution in [2.75, 3.05) is 17.3 Å². The summed E-state index contributed by atoms with van der Waals surface area (Å²) >= 11 is 1.59. The number of ether oxygens (including phenoxy) is 1. The van der Waals surface area contributed by atoms with E-state index in [1.54, 1.807) is 16.3 Å². The molecule has 0 saturated heterocycles. The highest BCUT2D eigenvalue weighted by molar-refractivity contribution is 7.27. The van der Waals surface area contributed by atoms with Crippen LogP contribution in [0.15, 0.2) is 42.5 Å². The molecule has 0 aliphatic rings. The summed E-state index contributed by atoms with van der Waals surface area (Å²) in [6.07, 6.45) is -0.735. The Kier molecular flexibility index (Phi) is 7.50. The maximum Gasteiger partial charge on any atom is 0.114 e. The Morgan fingerprint density at radius 3 is 2.50 bits per heavy atom. The number of thiophene rings is 1. The standard InChI is InChI=1S/C23H30N3O2PS/c1-4-26(25)20-10-9-19(14(2)22(20)24)23(27)21-11-17(15(3)30-21)13-28-12-16-5-7-18(29)8-6-16/h5-11,23,27H,4,12-13,24-25,29H2,1-3H3. The van der Waals surface area contributed by atoms with Crippen LogP contribution < -0.4 is 21.9 Å². The van der Waals surface area contributed by atoms with Crippen LogP contribution in [0.4, 0.5) is 11.4 Å². The molecule has 30 heavy (non-hydrogen) atoms. The van der Waals surface area contributed by atoms with Crippen LogP contribution in [0.25, 0.3) is 0 Å². The summed E-state index contributed by atoms with van der Waals surface area (Å²) in [4.78, 5) is 2.03. The van der Waals surface area contributed by atoms with E-state index in [0.717, 1.165) is 43.0 Å². The molecule has 1 aromatic heterocycles. The van der Waals surface area contributed by atoms with Crippen molar-refractivity contribution in [2.45, 2.75) is 40.1 Å². The minimum absolute atomic E-state index is 0.510. The third-order valence-corrected chi connectivity index (χ3v) is 6.82. The van der Waals surface area contributed by atoms with Gasteiger partial charge in [-0.15, -0.1) is 20.6 Å². The predicted octanol–water partition coefficient (Wildman–Crippen LogP) is 3.95. The lowest BCUT2D eigenvalue weighted by Crippen LogP contribution is -2.31. The fraction of sp³-hybridized carbons (Fsp3) is 0.304. The van der Waals surface area contributed by atoms with Gasteiger partial charge < -0.3 is 20.6 Å². The van der Waals surface area contributed by atoms with Crippen molar-refractivity contribution in [3.8, 4) is 0 Å². The molecule has 0 saturated carbocycles. The lowest BCUT2D eigenvalue weighted by Gasteiger charge is -2.22. The second kappa shape index (κ2) is 9.90. The number of nitrogens with two attached hydrogens (primary N) is 2. The summed E-state index contributed by atoms with van der Waals surface area (Å²) in [5, 5.41) is 13.8. The van der Waals surface area contributed by atoms with Gasteiger partial charge in [-0.05, 0) is 60.5 Å². The molecule has 5 nitrogen and oxygen atoms in total. The topological polar surface area (TPSA) is 84.7 Å². The quantitative estimate of drug-likeness (QED) is 0.213. The lowest BCUT2D eigenvalue weighted by atomic mass is 9.99. The normalized spacial score (nSPS) is 12.2. The lowest BCUT2D eigenvalue weighted by molar-refractivity contribution is 0.107. The molecule has 2 atom stereocenters. The maximum atomic E-state index is 11.0. The first kappa shape index (κ1) is 22.7. The fourth-order valence-corrected chi connectivity index (χ4v) is 4.55. The van der Waals surface area contributed by atoms with Gasteiger partial charge in [0.1, 0.15) is 6.10 Å². The van der Waals surface area contributed by atoms with Crippen LogP contribution in [-0.4, -0.2) is 11.7 Å². The Labute approximate surface area is 184 Å². The summed E-state index contributed by atoms with van der Waals surface area (Å²) in [7, 11) is 2.68. The summed E-state index contributed by atoms with van der Waals surface area (Å²) in [5.74, 6) is 6.00. The Morgan fingerprint density at radius 1 is 1.13 bits per heavy atom. The summed E-state index contributed by atoms with van der Waals surface area (Å²) in [6.45, 7) is 7.67. The van der Waals surface area contributed by atoms with Gasteiger partial charge in [-0.1, -0.05) is 30.3 Å². The molecule has 0 aliphatic carbocycles. The first-order chi connectivity index (χ1) is 14.3. The predicted molar refractivity (Wildman–Crippen MR) is 130 cm³/mol. The van der Waals surface area contributed by atoms with Gasteiger partial charge in [0.15, 0.2) is 0 Å². The van der Waals surface area contributed by atoms with Crippen molar-refractivity contribution in [2.24, 2.45) is 5.84 Å². The van der Waals surface area contributed by atoms with E-state index >= 15 is 0 Å². The Hall–Kier alpha value is -1.95. The molecule has 0 radical (unpaired) electrons. The largest absolute Gasteiger partial charge is 0.397 e. The van der Waals surface area contributed by atoms with E-state index in [9.17, 15) is 5.11 Å². The van der Waals surface area contributed by atoms with Gasteiger partial charge in [-0.25, -0.2) is 5.84 Å². The zero-order chi connectivity index (χ0) is 21.8. The molecule has 5 N–H and O–H groups in total. The molecule has 0 bridgehead atoms. The van der Waals surface area contributed by atoms with Crippen LogP contribution in [0.3, 0.4) is 0 Å². The number of nitrogen functional groups attached to an aromatic ring is 1. The van der Waals surface area contributed by atoms with Gasteiger partial charge in [-0.3, -0.25) is 0 Å². The van der Waals surface area contributed by atoms with Crippen LogP contribution in [0.1, 0.15) is 45.0 Å². The first-order valence-electron chi connectivity index (χ1n) is 9.92. The fourth-order valence-electron chi connectivity index (χ4n) is 3.32. The van der Waals surface area contributed by atoms with E-state index in [1.807, 2.05) is 32.0 Å². The van der Waals surface area contributed by atoms with Gasteiger partial charge in [0.25, 0.3) is 0 Å². The van der Waals surface area contributed by atoms with Crippen LogP contribution in [0.5, 0.6) is 0 Å². The zero-order valence-electron chi connectivity index (χ0n) is 17.7. The van der Waals surface area contributed by atoms with Gasteiger partial charge in [0.05, 0.1) is 24.6 Å². The number of anilines is 2. The third kappa shape index (κ3) is 5.02. The van der Waals surface area contributed by atoms with Crippen molar-refractivity contribution in [1.29, 1.82) is 0 Å². The van der Waals surface area contributed by atoms with Crippen LogP contribution >= 0.6 is 20.6 Å². The third-order valence-electron chi connectivity index (χ3n) is 5.29. The molecule has 3 rings (SSSR count). The Balaban J connectivity index is 1.72. The SMILES string of the molecule is CCN(N)c1ccc(C(O)c2cc(COCc3ccc(P)cc3)c(C)s2)c(C)c1N. The molecular formula is C23H30N3O2PS. The Bertz CT molecular complexity index is 1000. The van der Waals surface area contributed by atoms with E-state index in [-0.39, 0.29) is 0 Å². The summed E-state index contributed by atoms with van der Waals surface area (Å²) < 4.78 is 5.90. The van der Waals surface area contributed by atoms with Gasteiger partial charge in [0, 0.05) is 16.3 Å². The molecule has 0 amide bonds.